The highest BCUT2D eigenvalue weighted by Crippen LogP contribution is 2.32. The summed E-state index contributed by atoms with van der Waals surface area (Å²) in [5.74, 6) is 0.972. The van der Waals surface area contributed by atoms with Crippen LogP contribution >= 0.6 is 0 Å². The molecule has 1 aliphatic carbocycles. The van der Waals surface area contributed by atoms with Gasteiger partial charge < -0.3 is 15.2 Å². The number of hydrogen-bond acceptors (Lipinski definition) is 4. The summed E-state index contributed by atoms with van der Waals surface area (Å²) >= 11 is 0. The fraction of sp³-hybridized carbons (Fsp3) is 0.750. The highest BCUT2D eigenvalue weighted by Gasteiger charge is 2.37. The van der Waals surface area contributed by atoms with Crippen LogP contribution in [-0.2, 0) is 16.0 Å². The molecule has 3 fully saturated rings. The Morgan fingerprint density at radius 2 is 1.93 bits per heavy atom. The van der Waals surface area contributed by atoms with Gasteiger partial charge in [-0.3, -0.25) is 14.5 Å². The molecule has 0 spiro atoms. The van der Waals surface area contributed by atoms with Gasteiger partial charge in [0.2, 0.25) is 11.8 Å². The van der Waals surface area contributed by atoms with Crippen molar-refractivity contribution < 1.29 is 9.59 Å². The second-order valence-corrected chi connectivity index (χ2v) is 8.28. The summed E-state index contributed by atoms with van der Waals surface area (Å²) in [5, 5.41) is 3.09. The molecule has 27 heavy (non-hydrogen) atoms. The summed E-state index contributed by atoms with van der Waals surface area (Å²) in [7, 11) is 0. The monoisotopic (exact) mass is 373 g/mol. The zero-order valence-electron chi connectivity index (χ0n) is 16.0. The quantitative estimate of drug-likeness (QED) is 0.785. The van der Waals surface area contributed by atoms with E-state index in [1.165, 1.54) is 0 Å². The molecule has 1 unspecified atom stereocenters. The second-order valence-electron chi connectivity index (χ2n) is 8.28. The Kier molecular flexibility index (Phi) is 5.76. The maximum Gasteiger partial charge on any atom is 0.225 e. The predicted molar refractivity (Wildman–Crippen MR) is 102 cm³/mol. The summed E-state index contributed by atoms with van der Waals surface area (Å²) < 4.78 is 0. The number of amides is 2. The van der Waals surface area contributed by atoms with E-state index >= 15 is 0 Å². The number of carbonyl (C=O) groups excluding carboxylic acids is 2. The molecule has 2 aliphatic heterocycles. The zero-order valence-corrected chi connectivity index (χ0v) is 16.0. The highest BCUT2D eigenvalue weighted by atomic mass is 16.2. The zero-order chi connectivity index (χ0) is 18.6. The number of piperidine rings is 2. The number of nitrogens with zero attached hydrogens (tertiary/aromatic N) is 3. The third-order valence-electron chi connectivity index (χ3n) is 6.29. The topological polar surface area (TPSA) is 81.3 Å². The third-order valence-corrected chi connectivity index (χ3v) is 6.29. The van der Waals surface area contributed by atoms with Gasteiger partial charge in [0.15, 0.2) is 0 Å². The first-order valence-corrected chi connectivity index (χ1v) is 10.5. The van der Waals surface area contributed by atoms with Gasteiger partial charge in [-0.25, -0.2) is 4.98 Å². The lowest BCUT2D eigenvalue weighted by Crippen LogP contribution is -2.51. The van der Waals surface area contributed by atoms with Gasteiger partial charge in [0, 0.05) is 56.5 Å². The van der Waals surface area contributed by atoms with Crippen molar-refractivity contribution in [2.24, 2.45) is 11.8 Å². The van der Waals surface area contributed by atoms with E-state index in [9.17, 15) is 9.59 Å². The smallest absolute Gasteiger partial charge is 0.225 e. The molecule has 0 bridgehead atoms. The molecular formula is C20H31N5O2. The van der Waals surface area contributed by atoms with Crippen LogP contribution in [-0.4, -0.2) is 70.3 Å². The minimum Gasteiger partial charge on any atom is -0.355 e. The molecule has 4 rings (SSSR count). The van der Waals surface area contributed by atoms with E-state index in [0.717, 1.165) is 76.8 Å². The Hall–Kier alpha value is -1.89. The molecule has 1 aromatic rings. The predicted octanol–water partition coefficient (Wildman–Crippen LogP) is 1.18. The molecule has 3 heterocycles. The van der Waals surface area contributed by atoms with Gasteiger partial charge in [-0.2, -0.15) is 0 Å². The summed E-state index contributed by atoms with van der Waals surface area (Å²) in [6.07, 6.45) is 10.6. The molecule has 0 radical (unpaired) electrons. The number of H-pyrrole nitrogens is 1. The van der Waals surface area contributed by atoms with E-state index in [1.807, 2.05) is 0 Å². The molecular weight excluding hydrogens is 342 g/mol. The Bertz CT molecular complexity index is 635. The first kappa shape index (κ1) is 18.5. The molecule has 7 nitrogen and oxygen atoms in total. The molecule has 0 aromatic carbocycles. The summed E-state index contributed by atoms with van der Waals surface area (Å²) in [6.45, 7) is 4.37. The van der Waals surface area contributed by atoms with E-state index in [-0.39, 0.29) is 11.8 Å². The third kappa shape index (κ3) is 4.69. The van der Waals surface area contributed by atoms with Crippen molar-refractivity contribution in [3.05, 3.63) is 18.2 Å². The number of rotatable bonds is 6. The normalized spacial score (nSPS) is 24.7. The van der Waals surface area contributed by atoms with E-state index < -0.39 is 0 Å². The van der Waals surface area contributed by atoms with Crippen molar-refractivity contribution in [3.8, 4) is 0 Å². The van der Waals surface area contributed by atoms with E-state index in [2.05, 4.69) is 25.1 Å². The van der Waals surface area contributed by atoms with Crippen LogP contribution < -0.4 is 5.32 Å². The highest BCUT2D eigenvalue weighted by molar-refractivity contribution is 5.81. The molecule has 1 aromatic heterocycles. The van der Waals surface area contributed by atoms with Gasteiger partial charge in [-0.05, 0) is 45.1 Å². The lowest BCUT2D eigenvalue weighted by atomic mass is 9.93. The van der Waals surface area contributed by atoms with Crippen LogP contribution in [0.2, 0.25) is 0 Å². The number of carbonyl (C=O) groups is 2. The fourth-order valence-corrected chi connectivity index (χ4v) is 4.48. The summed E-state index contributed by atoms with van der Waals surface area (Å²) in [4.78, 5) is 36.4. The Morgan fingerprint density at radius 1 is 1.11 bits per heavy atom. The molecule has 1 atom stereocenters. The first-order chi connectivity index (χ1) is 13.2. The van der Waals surface area contributed by atoms with Gasteiger partial charge >= 0.3 is 0 Å². The molecule has 1 saturated carbocycles. The summed E-state index contributed by atoms with van der Waals surface area (Å²) in [5.41, 5.74) is 1.05. The molecule has 2 saturated heterocycles. The number of hydrogen-bond donors (Lipinski definition) is 2. The van der Waals surface area contributed by atoms with Crippen LogP contribution in [0.25, 0.3) is 0 Å². The number of nitrogens with one attached hydrogen (secondary N) is 2. The Labute approximate surface area is 160 Å². The number of imidazole rings is 1. The largest absolute Gasteiger partial charge is 0.355 e. The standard InChI is InChI=1S/C20H31N5O2/c26-19(22-8-5-17-12-21-14-23-17)16-2-1-9-25(13-16)18-6-10-24(11-7-18)20(27)15-3-4-15/h12,14-16,18H,1-11,13H2,(H,21,23)(H,22,26). The van der Waals surface area contributed by atoms with E-state index in [4.69, 9.17) is 0 Å². The minimum atomic E-state index is 0.0895. The lowest BCUT2D eigenvalue weighted by molar-refractivity contribution is -0.134. The van der Waals surface area contributed by atoms with Gasteiger partial charge in [0.1, 0.15) is 0 Å². The molecule has 7 heteroatoms. The molecule has 2 N–H and O–H groups in total. The second kappa shape index (κ2) is 8.42. The van der Waals surface area contributed by atoms with Gasteiger partial charge in [-0.1, -0.05) is 0 Å². The van der Waals surface area contributed by atoms with Crippen molar-refractivity contribution in [1.29, 1.82) is 0 Å². The number of likely N-dealkylation sites (tertiary alicyclic amines) is 2. The lowest BCUT2D eigenvalue weighted by Gasteiger charge is -2.42. The molecule has 148 valence electrons. The van der Waals surface area contributed by atoms with Gasteiger partial charge in [-0.15, -0.1) is 0 Å². The van der Waals surface area contributed by atoms with Crippen molar-refractivity contribution in [2.75, 3.05) is 32.7 Å². The van der Waals surface area contributed by atoms with Crippen LogP contribution in [0.1, 0.15) is 44.2 Å². The fourth-order valence-electron chi connectivity index (χ4n) is 4.48. The maximum atomic E-state index is 12.6. The van der Waals surface area contributed by atoms with Crippen molar-refractivity contribution in [1.82, 2.24) is 25.1 Å². The van der Waals surface area contributed by atoms with Crippen LogP contribution in [0.15, 0.2) is 12.5 Å². The van der Waals surface area contributed by atoms with Crippen molar-refractivity contribution >= 4 is 11.8 Å². The molecule has 3 aliphatic rings. The van der Waals surface area contributed by atoms with Crippen LogP contribution in [0, 0.1) is 11.8 Å². The van der Waals surface area contributed by atoms with Crippen molar-refractivity contribution in [3.63, 3.8) is 0 Å². The van der Waals surface area contributed by atoms with Crippen LogP contribution in [0.3, 0.4) is 0 Å². The van der Waals surface area contributed by atoms with Gasteiger partial charge in [0.25, 0.3) is 0 Å². The Balaban J connectivity index is 1.20. The van der Waals surface area contributed by atoms with Gasteiger partial charge in [0.05, 0.1) is 12.2 Å². The SMILES string of the molecule is O=C(NCCc1cnc[nH]1)C1CCCN(C2CCN(C(=O)C3CC3)CC2)C1. The first-order valence-electron chi connectivity index (χ1n) is 10.5. The van der Waals surface area contributed by atoms with Crippen LogP contribution in [0.4, 0.5) is 0 Å². The maximum absolute atomic E-state index is 12.6. The van der Waals surface area contributed by atoms with E-state index in [1.54, 1.807) is 12.5 Å². The van der Waals surface area contributed by atoms with E-state index in [0.29, 0.717) is 24.4 Å². The minimum absolute atomic E-state index is 0.0895. The number of aromatic amines is 1. The average Bonchev–Trinajstić information content (AvgIpc) is 3.44. The average molecular weight is 374 g/mol. The number of aromatic nitrogens is 2. The van der Waals surface area contributed by atoms with Crippen LogP contribution in [0.5, 0.6) is 0 Å². The summed E-state index contributed by atoms with van der Waals surface area (Å²) in [6, 6.07) is 0.522. The van der Waals surface area contributed by atoms with Crippen molar-refractivity contribution in [2.45, 2.75) is 51.0 Å². The Morgan fingerprint density at radius 3 is 2.63 bits per heavy atom. The molecule has 2 amide bonds.